The summed E-state index contributed by atoms with van der Waals surface area (Å²) in [5.74, 6) is -9.59. The first kappa shape index (κ1) is 26.5. The predicted molar refractivity (Wildman–Crippen MR) is 131 cm³/mol. The number of benzene rings is 3. The van der Waals surface area contributed by atoms with Crippen molar-refractivity contribution in [3.05, 3.63) is 58.7 Å². The maximum atomic E-state index is 13.6. The van der Waals surface area contributed by atoms with Gasteiger partial charge in [-0.2, -0.15) is 0 Å². The fourth-order valence-corrected chi connectivity index (χ4v) is 5.33. The number of rotatable bonds is 2. The number of phenolic OH excluding ortho intramolecular Hbond substituents is 6. The van der Waals surface area contributed by atoms with Crippen molar-refractivity contribution in [1.82, 2.24) is 0 Å². The summed E-state index contributed by atoms with van der Waals surface area (Å²) in [6.07, 6.45) is -9.85. The van der Waals surface area contributed by atoms with Crippen molar-refractivity contribution >= 4 is 11.9 Å². The molecule has 3 aromatic rings. The maximum Gasteiger partial charge on any atom is 0.339 e. The summed E-state index contributed by atoms with van der Waals surface area (Å²) < 4.78 is 22.5. The fourth-order valence-electron chi connectivity index (χ4n) is 5.33. The second-order valence-corrected chi connectivity index (χ2v) is 9.65. The van der Waals surface area contributed by atoms with Gasteiger partial charge in [-0.1, -0.05) is 30.3 Å². The molecule has 0 aliphatic carbocycles. The summed E-state index contributed by atoms with van der Waals surface area (Å²) in [4.78, 5) is 27.0. The number of ether oxygens (including phenoxy) is 4. The molecule has 214 valence electrons. The van der Waals surface area contributed by atoms with E-state index in [4.69, 9.17) is 18.9 Å². The van der Waals surface area contributed by atoms with Crippen LogP contribution < -0.4 is 0 Å². The standard InChI is InChI=1S/C27H22O14/c28-10-6-9-12(17(31)16(10)30)13-14-15(19(33)21(35)18(13)32)20(34)23(39-26(14)37)24(40-25(9)36)22-11(29)7-38-27(41-22)8-4-2-1-3-5-8/h1-6,11,20,22-24,27-35H,7H2/t11-,20+,22-,23+,24+,27-/m1/s1. The molecule has 0 spiro atoms. The predicted octanol–water partition coefficient (Wildman–Crippen LogP) is 1.17. The first-order valence-electron chi connectivity index (χ1n) is 12.2. The molecule has 0 radical (unpaired) electrons. The van der Waals surface area contributed by atoms with E-state index < -0.39 is 111 Å². The zero-order valence-corrected chi connectivity index (χ0v) is 20.7. The molecule has 4 heterocycles. The number of fused-ring (bicyclic) bond motifs is 3. The fraction of sp³-hybridized carbons (Fsp3) is 0.259. The number of carbonyl (C=O) groups excluding carboxylic acids is 2. The quantitative estimate of drug-likeness (QED) is 0.160. The summed E-state index contributed by atoms with van der Waals surface area (Å²) in [6, 6.07) is 9.13. The van der Waals surface area contributed by atoms with Crippen LogP contribution in [0.4, 0.5) is 0 Å². The van der Waals surface area contributed by atoms with E-state index in [9.17, 15) is 50.4 Å². The smallest absolute Gasteiger partial charge is 0.339 e. The van der Waals surface area contributed by atoms with Gasteiger partial charge in [-0.15, -0.1) is 0 Å². The Bertz CT molecular complexity index is 1590. The molecular formula is C27H22O14. The number of phenols is 6. The molecule has 8 N–H and O–H groups in total. The Balaban J connectivity index is 1.59. The van der Waals surface area contributed by atoms with Gasteiger partial charge in [-0.05, 0) is 6.07 Å². The van der Waals surface area contributed by atoms with Crippen molar-refractivity contribution in [2.75, 3.05) is 6.61 Å². The van der Waals surface area contributed by atoms with Crippen LogP contribution in [0.2, 0.25) is 0 Å². The molecule has 4 bridgehead atoms. The summed E-state index contributed by atoms with van der Waals surface area (Å²) in [6.45, 7) is -0.346. The molecule has 0 amide bonds. The minimum Gasteiger partial charge on any atom is -0.504 e. The van der Waals surface area contributed by atoms with Gasteiger partial charge in [0.05, 0.1) is 17.7 Å². The molecule has 1 fully saturated rings. The first-order valence-corrected chi connectivity index (χ1v) is 12.2. The molecule has 3 aromatic carbocycles. The van der Waals surface area contributed by atoms with Crippen LogP contribution in [-0.2, 0) is 18.9 Å². The first-order chi connectivity index (χ1) is 19.5. The van der Waals surface area contributed by atoms with E-state index in [1.165, 1.54) is 0 Å². The van der Waals surface area contributed by atoms with Crippen molar-refractivity contribution in [2.45, 2.75) is 36.8 Å². The summed E-state index contributed by atoms with van der Waals surface area (Å²) in [7, 11) is 0. The van der Waals surface area contributed by atoms with Crippen LogP contribution in [-0.4, -0.2) is 83.8 Å². The Morgan fingerprint density at radius 3 is 2.05 bits per heavy atom. The summed E-state index contributed by atoms with van der Waals surface area (Å²) in [5, 5.41) is 85.3. The normalized spacial score (nSPS) is 27.1. The van der Waals surface area contributed by atoms with Crippen molar-refractivity contribution in [1.29, 1.82) is 0 Å². The number of hydrogen-bond acceptors (Lipinski definition) is 14. The van der Waals surface area contributed by atoms with Crippen LogP contribution in [0, 0.1) is 0 Å². The van der Waals surface area contributed by atoms with Gasteiger partial charge in [0.1, 0.15) is 18.3 Å². The van der Waals surface area contributed by atoms with Crippen molar-refractivity contribution in [2.24, 2.45) is 0 Å². The highest BCUT2D eigenvalue weighted by atomic mass is 16.7. The second-order valence-electron chi connectivity index (χ2n) is 9.65. The monoisotopic (exact) mass is 570 g/mol. The van der Waals surface area contributed by atoms with Crippen LogP contribution >= 0.6 is 0 Å². The number of hydrogen-bond donors (Lipinski definition) is 8. The highest BCUT2D eigenvalue weighted by molar-refractivity contribution is 6.10. The molecular weight excluding hydrogens is 548 g/mol. The van der Waals surface area contributed by atoms with Crippen LogP contribution in [0.5, 0.6) is 34.5 Å². The van der Waals surface area contributed by atoms with Crippen LogP contribution in [0.1, 0.15) is 44.2 Å². The van der Waals surface area contributed by atoms with E-state index in [1.54, 1.807) is 30.3 Å². The molecule has 0 aromatic heterocycles. The number of aliphatic hydroxyl groups excluding tert-OH is 2. The summed E-state index contributed by atoms with van der Waals surface area (Å²) in [5.41, 5.74) is -3.22. The lowest BCUT2D eigenvalue weighted by Crippen LogP contribution is -2.56. The van der Waals surface area contributed by atoms with Crippen LogP contribution in [0.15, 0.2) is 36.4 Å². The Morgan fingerprint density at radius 1 is 0.683 bits per heavy atom. The van der Waals surface area contributed by atoms with Crippen LogP contribution in [0.25, 0.3) is 11.1 Å². The molecule has 1 saturated heterocycles. The Labute approximate surface area is 229 Å². The van der Waals surface area contributed by atoms with Crippen molar-refractivity contribution in [3.8, 4) is 45.6 Å². The maximum absolute atomic E-state index is 13.6. The minimum absolute atomic E-state index is 0.346. The molecule has 7 rings (SSSR count). The SMILES string of the molecule is O=C1O[C@@H]([C@@H]2O[C@H](c3ccccc3)OC[C@H]2O)[C@H]2OC(=O)c3c(c(O)c(O)c(O)c3[C@@H]2O)-c2c1cc(O)c(O)c2O. The third-order valence-electron chi connectivity index (χ3n) is 7.28. The number of aliphatic hydroxyl groups is 2. The molecule has 14 heteroatoms. The molecule has 14 nitrogen and oxygen atoms in total. The molecule has 4 aliphatic heterocycles. The van der Waals surface area contributed by atoms with Gasteiger partial charge in [0.25, 0.3) is 0 Å². The third-order valence-corrected chi connectivity index (χ3v) is 7.28. The molecule has 4 aliphatic rings. The lowest BCUT2D eigenvalue weighted by molar-refractivity contribution is -0.286. The van der Waals surface area contributed by atoms with Gasteiger partial charge in [-0.25, -0.2) is 9.59 Å². The highest BCUT2D eigenvalue weighted by Gasteiger charge is 2.53. The van der Waals surface area contributed by atoms with Gasteiger partial charge in [-0.3, -0.25) is 0 Å². The largest absolute Gasteiger partial charge is 0.504 e. The zero-order chi connectivity index (χ0) is 29.3. The summed E-state index contributed by atoms with van der Waals surface area (Å²) >= 11 is 0. The van der Waals surface area contributed by atoms with Crippen molar-refractivity contribution in [3.63, 3.8) is 0 Å². The van der Waals surface area contributed by atoms with E-state index >= 15 is 0 Å². The lowest BCUT2D eigenvalue weighted by atomic mass is 9.82. The highest BCUT2D eigenvalue weighted by Crippen LogP contribution is 2.57. The van der Waals surface area contributed by atoms with E-state index in [0.717, 1.165) is 0 Å². The van der Waals surface area contributed by atoms with Gasteiger partial charge < -0.3 is 59.8 Å². The molecule has 0 saturated carbocycles. The molecule has 0 unspecified atom stereocenters. The van der Waals surface area contributed by atoms with E-state index in [2.05, 4.69) is 0 Å². The van der Waals surface area contributed by atoms with Crippen LogP contribution in [0.3, 0.4) is 0 Å². The topological polar surface area (TPSA) is 233 Å². The van der Waals surface area contributed by atoms with Gasteiger partial charge in [0.2, 0.25) is 11.5 Å². The average molecular weight is 570 g/mol. The zero-order valence-electron chi connectivity index (χ0n) is 20.7. The molecule has 6 atom stereocenters. The lowest BCUT2D eigenvalue weighted by Gasteiger charge is -2.43. The van der Waals surface area contributed by atoms with Gasteiger partial charge in [0, 0.05) is 22.3 Å². The second kappa shape index (κ2) is 9.42. The Hall–Kier alpha value is -4.76. The van der Waals surface area contributed by atoms with E-state index in [-0.39, 0.29) is 6.61 Å². The molecule has 41 heavy (non-hydrogen) atoms. The minimum atomic E-state index is -2.05. The third kappa shape index (κ3) is 3.88. The van der Waals surface area contributed by atoms with E-state index in [1.807, 2.05) is 0 Å². The number of carbonyl (C=O) groups is 2. The van der Waals surface area contributed by atoms with Gasteiger partial charge in [0.15, 0.2) is 41.5 Å². The number of esters is 2. The van der Waals surface area contributed by atoms with Crippen molar-refractivity contribution < 1.29 is 69.4 Å². The van der Waals surface area contributed by atoms with E-state index in [0.29, 0.717) is 11.6 Å². The van der Waals surface area contributed by atoms with Gasteiger partial charge >= 0.3 is 11.9 Å². The Morgan fingerprint density at radius 2 is 1.34 bits per heavy atom. The average Bonchev–Trinajstić information content (AvgIpc) is 2.96. The number of aromatic hydroxyl groups is 6. The Kier molecular flexibility index (Phi) is 6.08.